The molecule has 0 aliphatic carbocycles. The molecule has 0 radical (unpaired) electrons. The molecule has 4 aromatic rings. The molecule has 4 rings (SSSR count). The van der Waals surface area contributed by atoms with Crippen LogP contribution in [0.15, 0.2) is 71.4 Å². The van der Waals surface area contributed by atoms with Gasteiger partial charge >= 0.3 is 5.97 Å². The summed E-state index contributed by atoms with van der Waals surface area (Å²) in [6.07, 6.45) is 0. The van der Waals surface area contributed by atoms with Gasteiger partial charge in [0.05, 0.1) is 17.1 Å². The number of thiophene rings is 2. The zero-order valence-corrected chi connectivity index (χ0v) is 17.9. The predicted molar refractivity (Wildman–Crippen MR) is 118 cm³/mol. The van der Waals surface area contributed by atoms with Gasteiger partial charge < -0.3 is 9.64 Å². The van der Waals surface area contributed by atoms with E-state index in [0.717, 1.165) is 15.4 Å². The van der Waals surface area contributed by atoms with E-state index in [0.29, 0.717) is 12.2 Å². The molecular formula is C22H19N3O3S2. The first kappa shape index (κ1) is 20.1. The second-order valence-electron chi connectivity index (χ2n) is 6.54. The fraction of sp³-hybridized carbons (Fsp3) is 0.136. The van der Waals surface area contributed by atoms with Gasteiger partial charge in [0.25, 0.3) is 5.91 Å². The van der Waals surface area contributed by atoms with Crippen molar-refractivity contribution >= 4 is 34.6 Å². The van der Waals surface area contributed by atoms with Crippen molar-refractivity contribution in [2.75, 3.05) is 13.7 Å². The van der Waals surface area contributed by atoms with Crippen molar-refractivity contribution in [1.29, 1.82) is 0 Å². The maximum atomic E-state index is 12.8. The fourth-order valence-electron chi connectivity index (χ4n) is 2.87. The minimum Gasteiger partial charge on any atom is -0.451 e. The first-order chi connectivity index (χ1) is 14.6. The molecule has 3 heterocycles. The number of hydrogen-bond donors (Lipinski definition) is 0. The summed E-state index contributed by atoms with van der Waals surface area (Å²) < 4.78 is 6.89. The molecule has 30 heavy (non-hydrogen) atoms. The largest absolute Gasteiger partial charge is 0.451 e. The Kier molecular flexibility index (Phi) is 6.06. The monoisotopic (exact) mass is 437 g/mol. The summed E-state index contributed by atoms with van der Waals surface area (Å²) in [6.45, 7) is 0.160. The number of carbonyl (C=O) groups excluding carboxylic acids is 2. The van der Waals surface area contributed by atoms with Crippen LogP contribution in [0.3, 0.4) is 0 Å². The highest BCUT2D eigenvalue weighted by Gasteiger charge is 2.21. The molecule has 6 nitrogen and oxygen atoms in total. The second-order valence-corrected chi connectivity index (χ2v) is 8.52. The highest BCUT2D eigenvalue weighted by Crippen LogP contribution is 2.26. The molecule has 0 bridgehead atoms. The summed E-state index contributed by atoms with van der Waals surface area (Å²) in [5, 5.41) is 8.51. The molecule has 0 saturated carbocycles. The third kappa shape index (κ3) is 4.50. The van der Waals surface area contributed by atoms with Crippen LogP contribution in [0.2, 0.25) is 0 Å². The number of likely N-dealkylation sites (N-methyl/N-ethyl adjacent to an activating group) is 1. The maximum Gasteiger partial charge on any atom is 0.357 e. The Morgan fingerprint density at radius 2 is 1.80 bits per heavy atom. The molecule has 0 aliphatic rings. The lowest BCUT2D eigenvalue weighted by Gasteiger charge is -2.16. The minimum atomic E-state index is -0.591. The Bertz CT molecular complexity index is 1120. The van der Waals surface area contributed by atoms with Gasteiger partial charge in [0, 0.05) is 18.0 Å². The summed E-state index contributed by atoms with van der Waals surface area (Å²) in [6, 6.07) is 18.8. The van der Waals surface area contributed by atoms with E-state index in [1.165, 1.54) is 0 Å². The van der Waals surface area contributed by atoms with Crippen LogP contribution in [0.25, 0.3) is 16.3 Å². The van der Waals surface area contributed by atoms with Crippen LogP contribution in [0.1, 0.15) is 15.4 Å². The standard InChI is InChI=1S/C22H19N3O3S2/c1-24(14-17-9-5-11-29-17)21(26)15-28-22(27)19-13-18(20-10-6-12-30-20)23-25(19)16-7-3-2-4-8-16/h2-13H,14-15H2,1H3. The molecule has 0 saturated heterocycles. The average molecular weight is 438 g/mol. The van der Waals surface area contributed by atoms with Crippen molar-refractivity contribution in [3.63, 3.8) is 0 Å². The number of carbonyl (C=O) groups is 2. The van der Waals surface area contributed by atoms with Gasteiger partial charge in [-0.05, 0) is 35.0 Å². The van der Waals surface area contributed by atoms with Crippen LogP contribution in [0.5, 0.6) is 0 Å². The molecule has 8 heteroatoms. The van der Waals surface area contributed by atoms with Gasteiger partial charge in [-0.15, -0.1) is 22.7 Å². The molecular weight excluding hydrogens is 418 g/mol. The Hall–Kier alpha value is -3.23. The van der Waals surface area contributed by atoms with Crippen molar-refractivity contribution < 1.29 is 14.3 Å². The van der Waals surface area contributed by atoms with E-state index in [9.17, 15) is 9.59 Å². The van der Waals surface area contributed by atoms with Crippen molar-refractivity contribution in [1.82, 2.24) is 14.7 Å². The lowest BCUT2D eigenvalue weighted by Crippen LogP contribution is -2.30. The van der Waals surface area contributed by atoms with E-state index in [4.69, 9.17) is 4.74 Å². The number of ether oxygens (including phenoxy) is 1. The number of rotatable bonds is 7. The number of hydrogen-bond acceptors (Lipinski definition) is 6. The van der Waals surface area contributed by atoms with E-state index in [1.807, 2.05) is 65.4 Å². The van der Waals surface area contributed by atoms with Gasteiger partial charge in [0.1, 0.15) is 5.69 Å². The second kappa shape index (κ2) is 9.06. The Labute approximate surface area is 182 Å². The summed E-state index contributed by atoms with van der Waals surface area (Å²) in [5.74, 6) is -0.854. The highest BCUT2D eigenvalue weighted by molar-refractivity contribution is 7.13. The molecule has 3 aromatic heterocycles. The molecule has 152 valence electrons. The summed E-state index contributed by atoms with van der Waals surface area (Å²) >= 11 is 3.12. The van der Waals surface area contributed by atoms with E-state index < -0.39 is 5.97 Å². The van der Waals surface area contributed by atoms with Crippen molar-refractivity contribution in [2.24, 2.45) is 0 Å². The number of benzene rings is 1. The Morgan fingerprint density at radius 1 is 1.03 bits per heavy atom. The summed E-state index contributed by atoms with van der Waals surface area (Å²) in [4.78, 5) is 28.8. The van der Waals surface area contributed by atoms with Gasteiger partial charge in [-0.2, -0.15) is 5.10 Å². The number of amides is 1. The third-order valence-corrected chi connectivity index (χ3v) is 6.17. The molecule has 1 aromatic carbocycles. The Morgan fingerprint density at radius 3 is 2.50 bits per heavy atom. The van der Waals surface area contributed by atoms with Gasteiger partial charge in [0.15, 0.2) is 12.3 Å². The molecule has 1 amide bonds. The topological polar surface area (TPSA) is 64.4 Å². The quantitative estimate of drug-likeness (QED) is 0.400. The number of esters is 1. The van der Waals surface area contributed by atoms with Crippen molar-refractivity contribution in [3.8, 4) is 16.3 Å². The lowest BCUT2D eigenvalue weighted by atomic mass is 10.3. The minimum absolute atomic E-state index is 0.263. The van der Waals surface area contributed by atoms with E-state index in [1.54, 1.807) is 45.4 Å². The summed E-state index contributed by atoms with van der Waals surface area (Å²) in [7, 11) is 1.69. The van der Waals surface area contributed by atoms with Crippen LogP contribution in [0, 0.1) is 0 Å². The van der Waals surface area contributed by atoms with Crippen LogP contribution >= 0.6 is 22.7 Å². The van der Waals surface area contributed by atoms with E-state index in [-0.39, 0.29) is 18.2 Å². The third-order valence-electron chi connectivity index (χ3n) is 4.42. The lowest BCUT2D eigenvalue weighted by molar-refractivity contribution is -0.133. The normalized spacial score (nSPS) is 10.7. The SMILES string of the molecule is CN(Cc1cccs1)C(=O)COC(=O)c1cc(-c2cccs2)nn1-c1ccccc1. The first-order valence-corrected chi connectivity index (χ1v) is 11.0. The van der Waals surface area contributed by atoms with Crippen molar-refractivity contribution in [3.05, 3.63) is 82.0 Å². The number of aromatic nitrogens is 2. The Balaban J connectivity index is 1.50. The zero-order chi connectivity index (χ0) is 20.9. The first-order valence-electron chi connectivity index (χ1n) is 9.24. The molecule has 0 fully saturated rings. The maximum absolute atomic E-state index is 12.8. The highest BCUT2D eigenvalue weighted by atomic mass is 32.1. The van der Waals surface area contributed by atoms with Gasteiger partial charge in [-0.1, -0.05) is 30.3 Å². The van der Waals surface area contributed by atoms with Crippen LogP contribution in [-0.2, 0) is 16.1 Å². The van der Waals surface area contributed by atoms with Gasteiger partial charge in [0.2, 0.25) is 0 Å². The molecule has 0 spiro atoms. The van der Waals surface area contributed by atoms with Gasteiger partial charge in [-0.25, -0.2) is 9.48 Å². The van der Waals surface area contributed by atoms with Crippen LogP contribution < -0.4 is 0 Å². The predicted octanol–water partition coefficient (Wildman–Crippen LogP) is 4.48. The van der Waals surface area contributed by atoms with E-state index in [2.05, 4.69) is 5.10 Å². The zero-order valence-electron chi connectivity index (χ0n) is 16.2. The van der Waals surface area contributed by atoms with Crippen LogP contribution in [0.4, 0.5) is 0 Å². The smallest absolute Gasteiger partial charge is 0.357 e. The fourth-order valence-corrected chi connectivity index (χ4v) is 4.31. The van der Waals surface area contributed by atoms with Crippen molar-refractivity contribution in [2.45, 2.75) is 6.54 Å². The summed E-state index contributed by atoms with van der Waals surface area (Å²) in [5.41, 5.74) is 1.70. The molecule has 0 N–H and O–H groups in total. The molecule has 0 unspecified atom stereocenters. The molecule has 0 atom stereocenters. The van der Waals surface area contributed by atoms with Gasteiger partial charge in [-0.3, -0.25) is 4.79 Å². The molecule has 0 aliphatic heterocycles. The average Bonchev–Trinajstić information content (AvgIpc) is 3.53. The number of para-hydroxylation sites is 1. The number of nitrogens with zero attached hydrogens (tertiary/aromatic N) is 3. The van der Waals surface area contributed by atoms with E-state index >= 15 is 0 Å². The van der Waals surface area contributed by atoms with Crippen LogP contribution in [-0.4, -0.2) is 40.2 Å².